The van der Waals surface area contributed by atoms with Crippen molar-refractivity contribution in [2.75, 3.05) is 6.54 Å². The third kappa shape index (κ3) is 1.43. The standard InChI is InChI=1S/C20H22FNO/c21-10-3-1-9(2-4-10)20(23)22-6-5-11-16-14-7-12-13-8-15(18(12)16)17(11)19(13)14/h1-4,11-19H,5-8H2,(H,22,23). The quantitative estimate of drug-likeness (QED) is 0.908. The van der Waals surface area contributed by atoms with Crippen LogP contribution in [0.25, 0.3) is 0 Å². The van der Waals surface area contributed by atoms with Gasteiger partial charge in [0.15, 0.2) is 0 Å². The number of amides is 1. The summed E-state index contributed by atoms with van der Waals surface area (Å²) in [5, 5.41) is 3.06. The largest absolute Gasteiger partial charge is 0.352 e. The van der Waals surface area contributed by atoms with Crippen molar-refractivity contribution in [1.29, 1.82) is 0 Å². The Morgan fingerprint density at radius 1 is 0.957 bits per heavy atom. The highest BCUT2D eigenvalue weighted by Gasteiger charge is 2.79. The Bertz CT molecular complexity index is 657. The first kappa shape index (κ1) is 13.0. The van der Waals surface area contributed by atoms with E-state index >= 15 is 0 Å². The van der Waals surface area contributed by atoms with Crippen LogP contribution >= 0.6 is 0 Å². The highest BCUT2D eigenvalue weighted by molar-refractivity contribution is 5.94. The molecule has 0 spiro atoms. The van der Waals surface area contributed by atoms with Crippen LogP contribution in [0.5, 0.6) is 0 Å². The van der Waals surface area contributed by atoms with Crippen LogP contribution in [0.1, 0.15) is 29.6 Å². The van der Waals surface area contributed by atoms with Gasteiger partial charge in [-0.1, -0.05) is 0 Å². The fraction of sp³-hybridized carbons (Fsp3) is 0.650. The van der Waals surface area contributed by atoms with Gasteiger partial charge in [0.25, 0.3) is 5.91 Å². The van der Waals surface area contributed by atoms with Crippen molar-refractivity contribution in [1.82, 2.24) is 5.32 Å². The minimum absolute atomic E-state index is 0.0630. The van der Waals surface area contributed by atoms with Crippen LogP contribution < -0.4 is 5.32 Å². The molecule has 0 aliphatic heterocycles. The molecule has 6 aliphatic rings. The fourth-order valence-electron chi connectivity index (χ4n) is 8.26. The van der Waals surface area contributed by atoms with Crippen LogP contribution in [0.3, 0.4) is 0 Å². The summed E-state index contributed by atoms with van der Waals surface area (Å²) in [6.07, 6.45) is 4.23. The minimum atomic E-state index is -0.294. The van der Waals surface area contributed by atoms with Gasteiger partial charge in [-0.15, -0.1) is 0 Å². The summed E-state index contributed by atoms with van der Waals surface area (Å²) in [6.45, 7) is 0.780. The molecule has 1 N–H and O–H groups in total. The Morgan fingerprint density at radius 3 is 2.17 bits per heavy atom. The van der Waals surface area contributed by atoms with Gasteiger partial charge in [-0.3, -0.25) is 4.79 Å². The lowest BCUT2D eigenvalue weighted by atomic mass is 9.71. The number of nitrogens with one attached hydrogen (secondary N) is 1. The average Bonchev–Trinajstić information content (AvgIpc) is 3.26. The highest BCUT2D eigenvalue weighted by Crippen LogP contribution is 2.84. The van der Waals surface area contributed by atoms with E-state index in [9.17, 15) is 9.18 Å². The first-order valence-electron chi connectivity index (χ1n) is 9.28. The molecule has 0 saturated heterocycles. The van der Waals surface area contributed by atoms with Gasteiger partial charge in [0, 0.05) is 12.1 Å². The van der Waals surface area contributed by atoms with E-state index in [0.29, 0.717) is 5.56 Å². The molecular formula is C20H22FNO. The number of halogens is 1. The number of benzene rings is 1. The molecule has 6 bridgehead atoms. The second-order valence-electron chi connectivity index (χ2n) is 8.65. The summed E-state index contributed by atoms with van der Waals surface area (Å²) in [6, 6.07) is 5.83. The van der Waals surface area contributed by atoms with E-state index in [1.807, 2.05) is 0 Å². The van der Waals surface area contributed by atoms with Crippen molar-refractivity contribution >= 4 is 5.91 Å². The van der Waals surface area contributed by atoms with Gasteiger partial charge in [-0.2, -0.15) is 0 Å². The van der Waals surface area contributed by atoms with E-state index in [1.54, 1.807) is 12.1 Å². The van der Waals surface area contributed by atoms with Gasteiger partial charge < -0.3 is 5.32 Å². The minimum Gasteiger partial charge on any atom is -0.352 e. The van der Waals surface area contributed by atoms with Crippen LogP contribution in [0.2, 0.25) is 0 Å². The number of rotatable bonds is 4. The third-order valence-corrected chi connectivity index (χ3v) is 8.35. The first-order chi connectivity index (χ1) is 11.2. The highest BCUT2D eigenvalue weighted by atomic mass is 19.1. The number of hydrogen-bond donors (Lipinski definition) is 1. The van der Waals surface area contributed by atoms with Crippen LogP contribution in [-0.4, -0.2) is 12.5 Å². The maximum Gasteiger partial charge on any atom is 0.251 e. The lowest BCUT2D eigenvalue weighted by Crippen LogP contribution is -2.30. The molecule has 2 nitrogen and oxygen atoms in total. The maximum atomic E-state index is 12.9. The van der Waals surface area contributed by atoms with E-state index in [0.717, 1.165) is 66.2 Å². The van der Waals surface area contributed by atoms with Gasteiger partial charge in [-0.05, 0) is 96.8 Å². The normalized spacial score (nSPS) is 49.7. The zero-order valence-electron chi connectivity index (χ0n) is 13.1. The summed E-state index contributed by atoms with van der Waals surface area (Å²) >= 11 is 0. The molecule has 0 aromatic heterocycles. The van der Waals surface area contributed by atoms with Crippen molar-refractivity contribution in [2.45, 2.75) is 19.3 Å². The third-order valence-electron chi connectivity index (χ3n) is 8.35. The Kier molecular flexibility index (Phi) is 2.35. The molecule has 6 fully saturated rings. The van der Waals surface area contributed by atoms with Crippen LogP contribution in [0.15, 0.2) is 24.3 Å². The van der Waals surface area contributed by atoms with E-state index < -0.39 is 0 Å². The number of hydrogen-bond acceptors (Lipinski definition) is 1. The lowest BCUT2D eigenvalue weighted by molar-refractivity contribution is 0.0949. The zero-order chi connectivity index (χ0) is 15.3. The molecule has 8 unspecified atom stereocenters. The number of carbonyl (C=O) groups excluding carboxylic acids is 1. The van der Waals surface area contributed by atoms with E-state index in [4.69, 9.17) is 0 Å². The molecule has 3 heteroatoms. The zero-order valence-corrected chi connectivity index (χ0v) is 13.1. The van der Waals surface area contributed by atoms with Crippen molar-refractivity contribution in [3.8, 4) is 0 Å². The van der Waals surface area contributed by atoms with E-state index in [2.05, 4.69) is 5.32 Å². The second kappa shape index (κ2) is 4.17. The Labute approximate surface area is 135 Å². The SMILES string of the molecule is O=C(NCCC1C2C3CC4C5CC(C42)C1C53)c1ccc(F)cc1. The summed E-state index contributed by atoms with van der Waals surface area (Å²) < 4.78 is 12.9. The summed E-state index contributed by atoms with van der Waals surface area (Å²) in [5.41, 5.74) is 0.561. The molecule has 1 amide bonds. The van der Waals surface area contributed by atoms with Gasteiger partial charge in [0.1, 0.15) is 5.82 Å². The van der Waals surface area contributed by atoms with Crippen LogP contribution in [-0.2, 0) is 0 Å². The molecule has 6 aliphatic carbocycles. The van der Waals surface area contributed by atoms with Crippen molar-refractivity contribution in [2.24, 2.45) is 53.3 Å². The molecular weight excluding hydrogens is 289 g/mol. The second-order valence-corrected chi connectivity index (χ2v) is 8.65. The van der Waals surface area contributed by atoms with E-state index in [-0.39, 0.29) is 11.7 Å². The monoisotopic (exact) mass is 311 g/mol. The summed E-state index contributed by atoms with van der Waals surface area (Å²) in [7, 11) is 0. The topological polar surface area (TPSA) is 29.1 Å². The Hall–Kier alpha value is -1.38. The molecule has 6 saturated carbocycles. The first-order valence-corrected chi connectivity index (χ1v) is 9.28. The molecule has 8 atom stereocenters. The molecule has 0 radical (unpaired) electrons. The maximum absolute atomic E-state index is 12.9. The fourth-order valence-corrected chi connectivity index (χ4v) is 8.26. The van der Waals surface area contributed by atoms with E-state index in [1.165, 1.54) is 25.0 Å². The van der Waals surface area contributed by atoms with Crippen molar-refractivity contribution in [3.05, 3.63) is 35.6 Å². The molecule has 120 valence electrons. The van der Waals surface area contributed by atoms with Crippen molar-refractivity contribution in [3.63, 3.8) is 0 Å². The van der Waals surface area contributed by atoms with Gasteiger partial charge in [0.05, 0.1) is 0 Å². The van der Waals surface area contributed by atoms with Gasteiger partial charge >= 0.3 is 0 Å². The lowest BCUT2D eigenvalue weighted by Gasteiger charge is -2.33. The average molecular weight is 311 g/mol. The summed E-state index contributed by atoms with van der Waals surface area (Å²) in [4.78, 5) is 12.2. The van der Waals surface area contributed by atoms with Crippen LogP contribution in [0, 0.1) is 59.1 Å². The predicted octanol–water partition coefficient (Wildman–Crippen LogP) is 3.34. The molecule has 0 heterocycles. The molecule has 1 aromatic rings. The molecule has 23 heavy (non-hydrogen) atoms. The van der Waals surface area contributed by atoms with Crippen molar-refractivity contribution < 1.29 is 9.18 Å². The summed E-state index contributed by atoms with van der Waals surface area (Å²) in [5.74, 6) is 8.95. The van der Waals surface area contributed by atoms with Gasteiger partial charge in [-0.25, -0.2) is 4.39 Å². The molecule has 7 rings (SSSR count). The van der Waals surface area contributed by atoms with Crippen LogP contribution in [0.4, 0.5) is 4.39 Å². The Balaban J connectivity index is 1.12. The smallest absolute Gasteiger partial charge is 0.251 e. The predicted molar refractivity (Wildman–Crippen MR) is 84.0 cm³/mol. The number of carbonyl (C=O) groups is 1. The Morgan fingerprint density at radius 2 is 1.57 bits per heavy atom. The molecule has 1 aromatic carbocycles. The van der Waals surface area contributed by atoms with Gasteiger partial charge in [0.2, 0.25) is 0 Å².